The van der Waals surface area contributed by atoms with Gasteiger partial charge in [-0.15, -0.1) is 5.10 Å². The minimum Gasteiger partial charge on any atom is -0.361 e. The van der Waals surface area contributed by atoms with E-state index in [4.69, 9.17) is 0 Å². The van der Waals surface area contributed by atoms with Gasteiger partial charge in [0, 0.05) is 29.2 Å². The first kappa shape index (κ1) is 13.7. The molecule has 4 aromatic rings. The maximum atomic E-state index is 4.37. The van der Waals surface area contributed by atoms with Crippen LogP contribution in [0.2, 0.25) is 0 Å². The summed E-state index contributed by atoms with van der Waals surface area (Å²) in [7, 11) is 0. The molecule has 1 aliphatic rings. The molecule has 0 amide bonds. The third-order valence-electron chi connectivity index (χ3n) is 5.01. The fourth-order valence-corrected chi connectivity index (χ4v) is 3.69. The lowest BCUT2D eigenvalue weighted by Crippen LogP contribution is -2.15. The minimum absolute atomic E-state index is 0.645. The van der Waals surface area contributed by atoms with E-state index in [0.29, 0.717) is 5.92 Å². The highest BCUT2D eigenvalue weighted by Gasteiger charge is 2.17. The van der Waals surface area contributed by atoms with E-state index in [0.717, 1.165) is 36.2 Å². The van der Waals surface area contributed by atoms with E-state index in [2.05, 4.69) is 74.0 Å². The van der Waals surface area contributed by atoms with Crippen molar-refractivity contribution in [1.29, 1.82) is 0 Å². The van der Waals surface area contributed by atoms with Gasteiger partial charge in [0.25, 0.3) is 0 Å². The molecule has 3 heterocycles. The summed E-state index contributed by atoms with van der Waals surface area (Å²) in [6.07, 6.45) is 3.30. The molecule has 0 radical (unpaired) electrons. The summed E-state index contributed by atoms with van der Waals surface area (Å²) in [5, 5.41) is 13.4. The molecule has 5 heteroatoms. The van der Waals surface area contributed by atoms with Crippen molar-refractivity contribution in [2.75, 3.05) is 13.1 Å². The molecule has 5 nitrogen and oxygen atoms in total. The lowest BCUT2D eigenvalue weighted by atomic mass is 10.0. The van der Waals surface area contributed by atoms with Crippen molar-refractivity contribution in [2.24, 2.45) is 5.92 Å². The van der Waals surface area contributed by atoms with E-state index in [1.165, 1.54) is 22.9 Å². The minimum atomic E-state index is 0.645. The van der Waals surface area contributed by atoms with Crippen molar-refractivity contribution in [2.45, 2.75) is 13.0 Å². The average molecular weight is 317 g/mol. The fraction of sp³-hybridized carbons (Fsp3) is 0.263. The number of H-pyrrole nitrogens is 1. The monoisotopic (exact) mass is 317 g/mol. The van der Waals surface area contributed by atoms with E-state index in [1.807, 2.05) is 0 Å². The molecule has 1 fully saturated rings. The summed E-state index contributed by atoms with van der Waals surface area (Å²) in [5.41, 5.74) is 5.67. The quantitative estimate of drug-likeness (QED) is 0.610. The number of benzene rings is 2. The molecular weight excluding hydrogens is 298 g/mol. The maximum absolute atomic E-state index is 4.37. The molecule has 0 saturated carbocycles. The van der Waals surface area contributed by atoms with E-state index in [-0.39, 0.29) is 0 Å². The molecule has 1 unspecified atom stereocenters. The summed E-state index contributed by atoms with van der Waals surface area (Å²) in [4.78, 5) is 3.36. The summed E-state index contributed by atoms with van der Waals surface area (Å²) >= 11 is 0. The second-order valence-electron chi connectivity index (χ2n) is 6.58. The number of nitrogens with zero attached hydrogens (tertiary/aromatic N) is 3. The Morgan fingerprint density at radius 2 is 2.12 bits per heavy atom. The molecule has 2 N–H and O–H groups in total. The molecule has 120 valence electrons. The molecule has 0 spiro atoms. The first-order valence-electron chi connectivity index (χ1n) is 8.49. The van der Waals surface area contributed by atoms with Gasteiger partial charge in [-0.2, -0.15) is 0 Å². The largest absolute Gasteiger partial charge is 0.361 e. The van der Waals surface area contributed by atoms with Gasteiger partial charge in [0.1, 0.15) is 5.52 Å². The van der Waals surface area contributed by atoms with Crippen molar-refractivity contribution in [1.82, 2.24) is 25.3 Å². The Morgan fingerprint density at radius 1 is 1.17 bits per heavy atom. The zero-order chi connectivity index (χ0) is 15.9. The smallest absolute Gasteiger partial charge is 0.113 e. The number of aromatic nitrogens is 4. The highest BCUT2D eigenvalue weighted by Crippen LogP contribution is 2.30. The first-order chi connectivity index (χ1) is 11.9. The highest BCUT2D eigenvalue weighted by molar-refractivity contribution is 5.97. The van der Waals surface area contributed by atoms with Crippen LogP contribution in [0.1, 0.15) is 6.42 Å². The SMILES string of the molecule is c1ccc2c(-c3ccc4nnn(CC5CCNC5)c4c3)c[nH]c2c1. The Hall–Kier alpha value is -2.66. The van der Waals surface area contributed by atoms with Crippen LogP contribution in [0, 0.1) is 5.92 Å². The van der Waals surface area contributed by atoms with Crippen molar-refractivity contribution in [3.8, 4) is 11.1 Å². The van der Waals surface area contributed by atoms with Crippen LogP contribution in [0.15, 0.2) is 48.7 Å². The third kappa shape index (κ3) is 2.20. The molecule has 2 aromatic carbocycles. The lowest BCUT2D eigenvalue weighted by Gasteiger charge is -2.09. The van der Waals surface area contributed by atoms with Crippen molar-refractivity contribution >= 4 is 21.9 Å². The Labute approximate surface area is 139 Å². The van der Waals surface area contributed by atoms with Crippen LogP contribution < -0.4 is 5.32 Å². The van der Waals surface area contributed by atoms with Crippen molar-refractivity contribution < 1.29 is 0 Å². The van der Waals surface area contributed by atoms with E-state index in [9.17, 15) is 0 Å². The normalized spacial score (nSPS) is 17.9. The van der Waals surface area contributed by atoms with Gasteiger partial charge in [-0.1, -0.05) is 29.5 Å². The van der Waals surface area contributed by atoms with Crippen molar-refractivity contribution in [3.63, 3.8) is 0 Å². The zero-order valence-corrected chi connectivity index (χ0v) is 13.4. The highest BCUT2D eigenvalue weighted by atomic mass is 15.4. The van der Waals surface area contributed by atoms with E-state index >= 15 is 0 Å². The molecule has 0 aliphatic carbocycles. The molecule has 1 aliphatic heterocycles. The summed E-state index contributed by atoms with van der Waals surface area (Å²) in [6.45, 7) is 3.11. The number of fused-ring (bicyclic) bond motifs is 2. The molecular formula is C19H19N5. The molecule has 1 atom stereocenters. The van der Waals surface area contributed by atoms with Crippen LogP contribution in [0.3, 0.4) is 0 Å². The second-order valence-corrected chi connectivity index (χ2v) is 6.58. The number of nitrogens with one attached hydrogen (secondary N) is 2. The Balaban J connectivity index is 1.59. The van der Waals surface area contributed by atoms with Gasteiger partial charge in [-0.3, -0.25) is 0 Å². The number of hydrogen-bond acceptors (Lipinski definition) is 3. The van der Waals surface area contributed by atoms with Gasteiger partial charge >= 0.3 is 0 Å². The summed E-state index contributed by atoms with van der Waals surface area (Å²) in [5.74, 6) is 0.645. The van der Waals surface area contributed by atoms with Crippen LogP contribution in [-0.2, 0) is 6.54 Å². The maximum Gasteiger partial charge on any atom is 0.113 e. The fourth-order valence-electron chi connectivity index (χ4n) is 3.69. The van der Waals surface area contributed by atoms with Crippen molar-refractivity contribution in [3.05, 3.63) is 48.7 Å². The number of aromatic amines is 1. The second kappa shape index (κ2) is 5.46. The van der Waals surface area contributed by atoms with Gasteiger partial charge in [-0.05, 0) is 49.2 Å². The predicted molar refractivity (Wildman–Crippen MR) is 95.8 cm³/mol. The molecule has 0 bridgehead atoms. The van der Waals surface area contributed by atoms with Gasteiger partial charge in [-0.25, -0.2) is 4.68 Å². The lowest BCUT2D eigenvalue weighted by molar-refractivity contribution is 0.450. The molecule has 24 heavy (non-hydrogen) atoms. The topological polar surface area (TPSA) is 58.5 Å². The van der Waals surface area contributed by atoms with E-state index in [1.54, 1.807) is 0 Å². The van der Waals surface area contributed by atoms with Crippen LogP contribution in [0.25, 0.3) is 33.1 Å². The van der Waals surface area contributed by atoms with Gasteiger partial charge in [0.05, 0.1) is 5.52 Å². The van der Waals surface area contributed by atoms with Gasteiger partial charge < -0.3 is 10.3 Å². The van der Waals surface area contributed by atoms with Gasteiger partial charge in [0.15, 0.2) is 0 Å². The van der Waals surface area contributed by atoms with Crippen LogP contribution in [0.4, 0.5) is 0 Å². The Bertz CT molecular complexity index is 1010. The van der Waals surface area contributed by atoms with Crippen LogP contribution in [-0.4, -0.2) is 33.1 Å². The number of rotatable bonds is 3. The Morgan fingerprint density at radius 3 is 3.04 bits per heavy atom. The summed E-state index contributed by atoms with van der Waals surface area (Å²) in [6, 6.07) is 14.8. The average Bonchev–Trinajstić information content (AvgIpc) is 3.35. The van der Waals surface area contributed by atoms with Crippen LogP contribution in [0.5, 0.6) is 0 Å². The van der Waals surface area contributed by atoms with E-state index < -0.39 is 0 Å². The Kier molecular flexibility index (Phi) is 3.13. The predicted octanol–water partition coefficient (Wildman–Crippen LogP) is 3.19. The standard InChI is InChI=1S/C19H19N5/c1-2-4-17-15(3-1)16(11-21-17)14-5-6-18-19(9-14)24(23-22-18)12-13-7-8-20-10-13/h1-6,9,11,13,20-21H,7-8,10,12H2. The number of para-hydroxylation sites is 1. The summed E-state index contributed by atoms with van der Waals surface area (Å²) < 4.78 is 2.06. The van der Waals surface area contributed by atoms with Gasteiger partial charge in [0.2, 0.25) is 0 Å². The third-order valence-corrected chi connectivity index (χ3v) is 5.01. The van der Waals surface area contributed by atoms with Crippen LogP contribution >= 0.6 is 0 Å². The number of hydrogen-bond donors (Lipinski definition) is 2. The molecule has 5 rings (SSSR count). The zero-order valence-electron chi connectivity index (χ0n) is 13.4. The molecule has 2 aromatic heterocycles. The first-order valence-corrected chi connectivity index (χ1v) is 8.49. The molecule has 1 saturated heterocycles.